The van der Waals surface area contributed by atoms with Crippen LogP contribution in [0.5, 0.6) is 5.75 Å². The molecule has 0 spiro atoms. The molecule has 3 heterocycles. The van der Waals surface area contributed by atoms with Crippen LogP contribution in [0.4, 0.5) is 0 Å². The van der Waals surface area contributed by atoms with Crippen LogP contribution >= 0.6 is 0 Å². The maximum atomic E-state index is 13.2. The fourth-order valence-electron chi connectivity index (χ4n) is 4.24. The van der Waals surface area contributed by atoms with Crippen molar-refractivity contribution in [3.8, 4) is 17.0 Å². The molecule has 2 aromatic carbocycles. The third-order valence-electron chi connectivity index (χ3n) is 5.94. The van der Waals surface area contributed by atoms with E-state index < -0.39 is 0 Å². The highest BCUT2D eigenvalue weighted by atomic mass is 16.5. The van der Waals surface area contributed by atoms with Crippen LogP contribution < -0.4 is 10.3 Å². The number of amides is 1. The quantitative estimate of drug-likeness (QED) is 0.537. The summed E-state index contributed by atoms with van der Waals surface area (Å²) in [7, 11) is 1.61. The molecule has 5 rings (SSSR count). The molecule has 0 bridgehead atoms. The molecular weight excluding hydrogens is 406 g/mol. The van der Waals surface area contributed by atoms with E-state index in [0.29, 0.717) is 35.4 Å². The molecular formula is C24H23N5O3. The van der Waals surface area contributed by atoms with E-state index in [-0.39, 0.29) is 17.5 Å². The van der Waals surface area contributed by atoms with Crippen molar-refractivity contribution in [3.63, 3.8) is 0 Å². The molecule has 1 aliphatic heterocycles. The third-order valence-corrected chi connectivity index (χ3v) is 5.94. The largest absolute Gasteiger partial charge is 0.497 e. The molecule has 8 nitrogen and oxygen atoms in total. The monoisotopic (exact) mass is 429 g/mol. The second kappa shape index (κ2) is 8.30. The standard InChI is InChI=1S/C24H23N5O3/c1-32-18-8-4-6-16(12-18)21-13-22(27-26-21)24(31)28-11-5-7-17(14-28)29-15-25-20-10-3-2-9-19(20)23(29)30/h2-4,6,8-10,12-13,15,17H,5,7,11,14H2,1H3,(H,26,27)/t17-/m1/s1. The third kappa shape index (κ3) is 3.64. The molecule has 8 heteroatoms. The molecule has 1 N–H and O–H groups in total. The van der Waals surface area contributed by atoms with Gasteiger partial charge in [0, 0.05) is 18.7 Å². The zero-order valence-corrected chi connectivity index (χ0v) is 17.7. The van der Waals surface area contributed by atoms with Gasteiger partial charge in [0.1, 0.15) is 11.4 Å². The van der Waals surface area contributed by atoms with Gasteiger partial charge in [0.15, 0.2) is 0 Å². The van der Waals surface area contributed by atoms with E-state index in [1.807, 2.05) is 42.5 Å². The van der Waals surface area contributed by atoms with Crippen LogP contribution in [-0.4, -0.2) is 50.8 Å². The van der Waals surface area contributed by atoms with Crippen LogP contribution in [-0.2, 0) is 0 Å². The predicted octanol–water partition coefficient (Wildman–Crippen LogP) is 3.27. The molecule has 162 valence electrons. The first-order valence-electron chi connectivity index (χ1n) is 10.6. The molecule has 4 aromatic rings. The Morgan fingerprint density at radius 3 is 2.91 bits per heavy atom. The number of rotatable bonds is 4. The lowest BCUT2D eigenvalue weighted by Gasteiger charge is -2.33. The van der Waals surface area contributed by atoms with E-state index >= 15 is 0 Å². The number of nitrogens with one attached hydrogen (secondary N) is 1. The molecule has 1 atom stereocenters. The fourth-order valence-corrected chi connectivity index (χ4v) is 4.24. The zero-order valence-electron chi connectivity index (χ0n) is 17.7. The van der Waals surface area contributed by atoms with E-state index in [0.717, 1.165) is 24.2 Å². The maximum absolute atomic E-state index is 13.2. The van der Waals surface area contributed by atoms with Gasteiger partial charge in [-0.05, 0) is 43.2 Å². The van der Waals surface area contributed by atoms with Crippen molar-refractivity contribution in [1.29, 1.82) is 0 Å². The molecule has 1 fully saturated rings. The van der Waals surface area contributed by atoms with Gasteiger partial charge in [-0.25, -0.2) is 4.98 Å². The number of nitrogens with zero attached hydrogens (tertiary/aromatic N) is 4. The minimum Gasteiger partial charge on any atom is -0.497 e. The Kier molecular flexibility index (Phi) is 5.18. The summed E-state index contributed by atoms with van der Waals surface area (Å²) in [5.41, 5.74) is 2.57. The Labute approximate surface area is 184 Å². The molecule has 2 aromatic heterocycles. The van der Waals surface area contributed by atoms with Gasteiger partial charge >= 0.3 is 0 Å². The number of piperidine rings is 1. The summed E-state index contributed by atoms with van der Waals surface area (Å²) in [4.78, 5) is 32.4. The van der Waals surface area contributed by atoms with Crippen molar-refractivity contribution in [2.45, 2.75) is 18.9 Å². The Hall–Kier alpha value is -3.94. The predicted molar refractivity (Wildman–Crippen MR) is 121 cm³/mol. The first-order valence-corrected chi connectivity index (χ1v) is 10.6. The number of carbonyl (C=O) groups excluding carboxylic acids is 1. The lowest BCUT2D eigenvalue weighted by atomic mass is 10.0. The molecule has 1 aliphatic rings. The number of carbonyl (C=O) groups is 1. The van der Waals surface area contributed by atoms with Crippen molar-refractivity contribution in [3.05, 3.63) is 77.0 Å². The van der Waals surface area contributed by atoms with Crippen molar-refractivity contribution in [2.24, 2.45) is 0 Å². The number of fused-ring (bicyclic) bond motifs is 1. The summed E-state index contributed by atoms with van der Waals surface area (Å²) in [6.45, 7) is 1.09. The Bertz CT molecular complexity index is 1340. The van der Waals surface area contributed by atoms with Gasteiger partial charge < -0.3 is 9.64 Å². The first-order chi connectivity index (χ1) is 15.6. The van der Waals surface area contributed by atoms with Crippen LogP contribution in [0.3, 0.4) is 0 Å². The van der Waals surface area contributed by atoms with Gasteiger partial charge in [-0.3, -0.25) is 19.3 Å². The van der Waals surface area contributed by atoms with Gasteiger partial charge in [0.25, 0.3) is 11.5 Å². The molecule has 1 amide bonds. The summed E-state index contributed by atoms with van der Waals surface area (Å²) in [5.74, 6) is 0.602. The number of aromatic nitrogens is 4. The van der Waals surface area contributed by atoms with Crippen molar-refractivity contribution >= 4 is 16.8 Å². The molecule has 0 radical (unpaired) electrons. The van der Waals surface area contributed by atoms with E-state index in [1.165, 1.54) is 0 Å². The van der Waals surface area contributed by atoms with Gasteiger partial charge in [-0.2, -0.15) is 5.10 Å². The SMILES string of the molecule is COc1cccc(-c2cc(C(=O)N3CCC[C@@H](n4cnc5ccccc5c4=O)C3)[nH]n2)c1. The lowest BCUT2D eigenvalue weighted by Crippen LogP contribution is -2.43. The summed E-state index contributed by atoms with van der Waals surface area (Å²) >= 11 is 0. The Morgan fingerprint density at radius 1 is 1.16 bits per heavy atom. The van der Waals surface area contributed by atoms with Crippen LogP contribution in [0.25, 0.3) is 22.2 Å². The number of aromatic amines is 1. The molecule has 32 heavy (non-hydrogen) atoms. The normalized spacial score (nSPS) is 16.3. The molecule has 0 unspecified atom stereocenters. The van der Waals surface area contributed by atoms with Gasteiger partial charge in [0.2, 0.25) is 0 Å². The van der Waals surface area contributed by atoms with Crippen LogP contribution in [0.1, 0.15) is 29.4 Å². The number of H-pyrrole nitrogens is 1. The summed E-state index contributed by atoms with van der Waals surface area (Å²) in [6.07, 6.45) is 3.23. The number of methoxy groups -OCH3 is 1. The molecule has 0 saturated carbocycles. The molecule has 0 aliphatic carbocycles. The van der Waals surface area contributed by atoms with E-state index in [9.17, 15) is 9.59 Å². The summed E-state index contributed by atoms with van der Waals surface area (Å²) in [5, 5.41) is 7.77. The Morgan fingerprint density at radius 2 is 2.03 bits per heavy atom. The second-order valence-electron chi connectivity index (χ2n) is 7.92. The molecule has 1 saturated heterocycles. The van der Waals surface area contributed by atoms with E-state index in [1.54, 1.807) is 35.0 Å². The maximum Gasteiger partial charge on any atom is 0.271 e. The fraction of sp³-hybridized carbons (Fsp3) is 0.250. The highest BCUT2D eigenvalue weighted by molar-refractivity contribution is 5.93. The number of hydrogen-bond acceptors (Lipinski definition) is 5. The second-order valence-corrected chi connectivity index (χ2v) is 7.92. The minimum absolute atomic E-state index is 0.0725. The van der Waals surface area contributed by atoms with Gasteiger partial charge in [-0.15, -0.1) is 0 Å². The van der Waals surface area contributed by atoms with Crippen molar-refractivity contribution in [1.82, 2.24) is 24.6 Å². The average Bonchev–Trinajstić information content (AvgIpc) is 3.34. The lowest BCUT2D eigenvalue weighted by molar-refractivity contribution is 0.0671. The summed E-state index contributed by atoms with van der Waals surface area (Å²) in [6, 6.07) is 16.5. The van der Waals surface area contributed by atoms with Crippen LogP contribution in [0.2, 0.25) is 0 Å². The zero-order chi connectivity index (χ0) is 22.1. The number of hydrogen-bond donors (Lipinski definition) is 1. The highest BCUT2D eigenvalue weighted by Crippen LogP contribution is 2.25. The van der Waals surface area contributed by atoms with Gasteiger partial charge in [0.05, 0.1) is 36.1 Å². The van der Waals surface area contributed by atoms with Gasteiger partial charge in [-0.1, -0.05) is 24.3 Å². The average molecular weight is 429 g/mol. The number of benzene rings is 2. The summed E-state index contributed by atoms with van der Waals surface area (Å²) < 4.78 is 6.93. The first kappa shape index (κ1) is 20.0. The Balaban J connectivity index is 1.37. The van der Waals surface area contributed by atoms with E-state index in [2.05, 4.69) is 15.2 Å². The van der Waals surface area contributed by atoms with Crippen LogP contribution in [0.15, 0.2) is 65.7 Å². The number of ether oxygens (including phenoxy) is 1. The number of para-hydroxylation sites is 1. The van der Waals surface area contributed by atoms with Crippen molar-refractivity contribution < 1.29 is 9.53 Å². The van der Waals surface area contributed by atoms with Crippen molar-refractivity contribution in [2.75, 3.05) is 20.2 Å². The number of likely N-dealkylation sites (tertiary alicyclic amines) is 1. The van der Waals surface area contributed by atoms with E-state index in [4.69, 9.17) is 4.74 Å². The minimum atomic E-state index is -0.127. The van der Waals surface area contributed by atoms with Crippen LogP contribution in [0, 0.1) is 0 Å². The highest BCUT2D eigenvalue weighted by Gasteiger charge is 2.27. The topological polar surface area (TPSA) is 93.1 Å². The smallest absolute Gasteiger partial charge is 0.271 e.